The molecule has 3 atom stereocenters. The molecule has 4 heteroatoms. The summed E-state index contributed by atoms with van der Waals surface area (Å²) in [5.41, 5.74) is 2.17. The molecule has 1 N–H and O–H groups in total. The number of carboxylic acid groups (broad SMARTS) is 1. The molecular weight excluding hydrogens is 252 g/mol. The zero-order valence-corrected chi connectivity index (χ0v) is 12.8. The third kappa shape index (κ3) is 3.41. The molecule has 1 fully saturated rings. The van der Waals surface area contributed by atoms with Crippen molar-refractivity contribution < 1.29 is 9.90 Å². The molecule has 2 rings (SSSR count). The van der Waals surface area contributed by atoms with Crippen molar-refractivity contribution >= 4 is 5.97 Å². The summed E-state index contributed by atoms with van der Waals surface area (Å²) in [7, 11) is 1.95. The molecule has 3 unspecified atom stereocenters. The van der Waals surface area contributed by atoms with Crippen molar-refractivity contribution in [1.29, 1.82) is 0 Å². The Morgan fingerprint density at radius 1 is 1.50 bits per heavy atom. The topological polar surface area (TPSA) is 55.1 Å². The number of aryl methyl sites for hydroxylation is 2. The van der Waals surface area contributed by atoms with Gasteiger partial charge in [-0.2, -0.15) is 5.10 Å². The van der Waals surface area contributed by atoms with Gasteiger partial charge in [0.1, 0.15) is 0 Å². The lowest BCUT2D eigenvalue weighted by molar-refractivity contribution is -0.145. The van der Waals surface area contributed by atoms with Crippen molar-refractivity contribution in [3.63, 3.8) is 0 Å². The number of carbonyl (C=O) groups is 1. The number of rotatable bonds is 5. The van der Waals surface area contributed by atoms with Crippen LogP contribution in [0, 0.1) is 24.7 Å². The summed E-state index contributed by atoms with van der Waals surface area (Å²) in [5, 5.41) is 13.8. The highest BCUT2D eigenvalue weighted by Gasteiger charge is 2.35. The molecule has 1 saturated carbocycles. The summed E-state index contributed by atoms with van der Waals surface area (Å²) in [6.07, 6.45) is 6.23. The zero-order chi connectivity index (χ0) is 14.7. The van der Waals surface area contributed by atoms with Crippen molar-refractivity contribution in [3.8, 4) is 0 Å². The molecule has 0 radical (unpaired) electrons. The van der Waals surface area contributed by atoms with Gasteiger partial charge >= 0.3 is 5.97 Å². The molecular formula is C16H26N2O2. The highest BCUT2D eigenvalue weighted by molar-refractivity contribution is 5.70. The van der Waals surface area contributed by atoms with E-state index < -0.39 is 5.97 Å². The first-order valence-electron chi connectivity index (χ1n) is 7.73. The lowest BCUT2D eigenvalue weighted by atomic mass is 9.71. The van der Waals surface area contributed by atoms with Crippen molar-refractivity contribution in [1.82, 2.24) is 9.78 Å². The monoisotopic (exact) mass is 278 g/mol. The van der Waals surface area contributed by atoms with Crippen LogP contribution < -0.4 is 0 Å². The number of aliphatic carboxylic acids is 1. The van der Waals surface area contributed by atoms with E-state index in [9.17, 15) is 9.90 Å². The summed E-state index contributed by atoms with van der Waals surface area (Å²) < 4.78 is 1.90. The van der Waals surface area contributed by atoms with Gasteiger partial charge in [0.15, 0.2) is 0 Å². The van der Waals surface area contributed by atoms with Gasteiger partial charge in [0.2, 0.25) is 0 Å². The maximum Gasteiger partial charge on any atom is 0.306 e. The Kier molecular flexibility index (Phi) is 4.84. The van der Waals surface area contributed by atoms with Gasteiger partial charge in [-0.15, -0.1) is 0 Å². The predicted octanol–water partition coefficient (Wildman–Crippen LogP) is 3.19. The normalized spacial score (nSPS) is 26.6. The van der Waals surface area contributed by atoms with E-state index in [0.717, 1.165) is 37.1 Å². The highest BCUT2D eigenvalue weighted by Crippen LogP contribution is 2.38. The first-order chi connectivity index (χ1) is 9.51. The average Bonchev–Trinajstić information content (AvgIpc) is 2.68. The van der Waals surface area contributed by atoms with Gasteiger partial charge in [0, 0.05) is 12.7 Å². The van der Waals surface area contributed by atoms with Gasteiger partial charge in [0.25, 0.3) is 0 Å². The van der Waals surface area contributed by atoms with Crippen molar-refractivity contribution in [3.05, 3.63) is 17.5 Å². The standard InChI is InChI=1S/C16H26N2O2/c1-4-5-12-6-7-15(16(19)20)13(9-12)10-14-8-11(2)17-18(14)3/h8,12-13,15H,4-7,9-10H2,1-3H3,(H,19,20). The van der Waals surface area contributed by atoms with Crippen LogP contribution in [0.5, 0.6) is 0 Å². The number of aromatic nitrogens is 2. The average molecular weight is 278 g/mol. The molecule has 112 valence electrons. The second-order valence-corrected chi connectivity index (χ2v) is 6.28. The van der Waals surface area contributed by atoms with Gasteiger partial charge in [-0.1, -0.05) is 19.8 Å². The molecule has 0 aliphatic heterocycles. The fourth-order valence-corrected chi connectivity index (χ4v) is 3.71. The second kappa shape index (κ2) is 6.42. The highest BCUT2D eigenvalue weighted by atomic mass is 16.4. The summed E-state index contributed by atoms with van der Waals surface area (Å²) in [5.74, 6) is 0.157. The Morgan fingerprint density at radius 2 is 2.25 bits per heavy atom. The van der Waals surface area contributed by atoms with E-state index in [1.165, 1.54) is 12.8 Å². The van der Waals surface area contributed by atoms with E-state index in [-0.39, 0.29) is 11.8 Å². The smallest absolute Gasteiger partial charge is 0.306 e. The number of carboxylic acids is 1. The van der Waals surface area contributed by atoms with E-state index in [1.54, 1.807) is 0 Å². The third-order valence-electron chi connectivity index (χ3n) is 4.68. The molecule has 1 aromatic heterocycles. The van der Waals surface area contributed by atoms with Gasteiger partial charge in [-0.25, -0.2) is 0 Å². The fraction of sp³-hybridized carbons (Fsp3) is 0.750. The minimum Gasteiger partial charge on any atom is -0.481 e. The van der Waals surface area contributed by atoms with Gasteiger partial charge < -0.3 is 5.11 Å². The summed E-state index contributed by atoms with van der Waals surface area (Å²) in [6, 6.07) is 2.09. The Hall–Kier alpha value is -1.32. The Morgan fingerprint density at radius 3 is 2.80 bits per heavy atom. The largest absolute Gasteiger partial charge is 0.481 e. The lowest BCUT2D eigenvalue weighted by Gasteiger charge is -2.34. The third-order valence-corrected chi connectivity index (χ3v) is 4.68. The quantitative estimate of drug-likeness (QED) is 0.900. The van der Waals surface area contributed by atoms with E-state index in [4.69, 9.17) is 0 Å². The van der Waals surface area contributed by atoms with Gasteiger partial charge in [0.05, 0.1) is 11.6 Å². The molecule has 0 bridgehead atoms. The molecule has 1 aromatic rings. The minimum atomic E-state index is -0.621. The fourth-order valence-electron chi connectivity index (χ4n) is 3.71. The first-order valence-corrected chi connectivity index (χ1v) is 7.73. The van der Waals surface area contributed by atoms with E-state index in [2.05, 4.69) is 18.1 Å². The predicted molar refractivity (Wildman–Crippen MR) is 78.5 cm³/mol. The second-order valence-electron chi connectivity index (χ2n) is 6.28. The van der Waals surface area contributed by atoms with Crippen LogP contribution in [0.4, 0.5) is 0 Å². The molecule has 0 spiro atoms. The van der Waals surface area contributed by atoms with Gasteiger partial charge in [-0.3, -0.25) is 9.48 Å². The van der Waals surface area contributed by atoms with Crippen LogP contribution in [0.25, 0.3) is 0 Å². The van der Waals surface area contributed by atoms with Gasteiger partial charge in [-0.05, 0) is 50.5 Å². The van der Waals surface area contributed by atoms with Crippen LogP contribution in [-0.2, 0) is 18.3 Å². The number of hydrogen-bond acceptors (Lipinski definition) is 2. The van der Waals surface area contributed by atoms with Crippen LogP contribution in [0.1, 0.15) is 50.4 Å². The van der Waals surface area contributed by atoms with Crippen molar-refractivity contribution in [2.45, 2.75) is 52.4 Å². The Bertz CT molecular complexity index is 467. The molecule has 20 heavy (non-hydrogen) atoms. The summed E-state index contributed by atoms with van der Waals surface area (Å²) in [6.45, 7) is 4.20. The van der Waals surface area contributed by atoms with Crippen LogP contribution in [-0.4, -0.2) is 20.9 Å². The van der Waals surface area contributed by atoms with Crippen molar-refractivity contribution in [2.75, 3.05) is 0 Å². The van der Waals surface area contributed by atoms with Crippen LogP contribution in [0.2, 0.25) is 0 Å². The lowest BCUT2D eigenvalue weighted by Crippen LogP contribution is -2.32. The molecule has 4 nitrogen and oxygen atoms in total. The van der Waals surface area contributed by atoms with E-state index in [0.29, 0.717) is 5.92 Å². The van der Waals surface area contributed by atoms with Crippen LogP contribution >= 0.6 is 0 Å². The SMILES string of the molecule is CCCC1CCC(C(=O)O)C(Cc2cc(C)nn2C)C1. The minimum absolute atomic E-state index is 0.182. The van der Waals surface area contributed by atoms with Crippen LogP contribution in [0.3, 0.4) is 0 Å². The number of hydrogen-bond donors (Lipinski definition) is 1. The molecule has 0 amide bonds. The Balaban J connectivity index is 2.10. The maximum atomic E-state index is 11.5. The Labute approximate surface area is 121 Å². The molecule has 0 aromatic carbocycles. The van der Waals surface area contributed by atoms with Crippen molar-refractivity contribution in [2.24, 2.45) is 24.8 Å². The summed E-state index contributed by atoms with van der Waals surface area (Å²) >= 11 is 0. The zero-order valence-electron chi connectivity index (χ0n) is 12.8. The van der Waals surface area contributed by atoms with E-state index >= 15 is 0 Å². The summed E-state index contributed by atoms with van der Waals surface area (Å²) in [4.78, 5) is 11.5. The van der Waals surface area contributed by atoms with Crippen LogP contribution in [0.15, 0.2) is 6.07 Å². The molecule has 0 saturated heterocycles. The maximum absolute atomic E-state index is 11.5. The molecule has 1 heterocycles. The first kappa shape index (κ1) is 15.1. The number of nitrogens with zero attached hydrogens (tertiary/aromatic N) is 2. The molecule has 1 aliphatic rings. The molecule has 1 aliphatic carbocycles. The van der Waals surface area contributed by atoms with E-state index in [1.807, 2.05) is 18.7 Å².